The standard InChI is InChI=1S/C15H14ClF2N/c1-9-13(16)4-3-5-15(9)19-10(2)12-7-6-11(17)8-14(12)18/h3-8,10,19H,1-2H3. The predicted molar refractivity (Wildman–Crippen MR) is 74.6 cm³/mol. The Balaban J connectivity index is 2.25. The lowest BCUT2D eigenvalue weighted by Crippen LogP contribution is -2.09. The first-order valence-corrected chi connectivity index (χ1v) is 6.33. The second-order valence-electron chi connectivity index (χ2n) is 4.44. The zero-order valence-electron chi connectivity index (χ0n) is 10.7. The van der Waals surface area contributed by atoms with Crippen LogP contribution in [0.1, 0.15) is 24.1 Å². The van der Waals surface area contributed by atoms with Crippen LogP contribution in [0.25, 0.3) is 0 Å². The summed E-state index contributed by atoms with van der Waals surface area (Å²) in [7, 11) is 0. The van der Waals surface area contributed by atoms with Crippen molar-refractivity contribution in [3.8, 4) is 0 Å². The van der Waals surface area contributed by atoms with Crippen LogP contribution in [0, 0.1) is 18.6 Å². The van der Waals surface area contributed by atoms with Crippen molar-refractivity contribution < 1.29 is 8.78 Å². The Morgan fingerprint density at radius 3 is 2.58 bits per heavy atom. The largest absolute Gasteiger partial charge is 0.378 e. The van der Waals surface area contributed by atoms with Crippen LogP contribution in [0.2, 0.25) is 5.02 Å². The van der Waals surface area contributed by atoms with Crippen LogP contribution in [0.15, 0.2) is 36.4 Å². The van der Waals surface area contributed by atoms with Crippen molar-refractivity contribution in [3.05, 3.63) is 64.2 Å². The van der Waals surface area contributed by atoms with E-state index in [2.05, 4.69) is 5.32 Å². The summed E-state index contributed by atoms with van der Waals surface area (Å²) in [6.07, 6.45) is 0. The van der Waals surface area contributed by atoms with Gasteiger partial charge in [-0.1, -0.05) is 23.7 Å². The quantitative estimate of drug-likeness (QED) is 0.825. The topological polar surface area (TPSA) is 12.0 Å². The highest BCUT2D eigenvalue weighted by molar-refractivity contribution is 6.31. The molecule has 0 radical (unpaired) electrons. The SMILES string of the molecule is Cc1c(Cl)cccc1NC(C)c1ccc(F)cc1F. The monoisotopic (exact) mass is 281 g/mol. The molecular weight excluding hydrogens is 268 g/mol. The minimum atomic E-state index is -0.576. The summed E-state index contributed by atoms with van der Waals surface area (Å²) in [4.78, 5) is 0. The lowest BCUT2D eigenvalue weighted by atomic mass is 10.1. The molecule has 0 spiro atoms. The average Bonchev–Trinajstić information content (AvgIpc) is 2.34. The molecule has 4 heteroatoms. The van der Waals surface area contributed by atoms with E-state index in [9.17, 15) is 8.78 Å². The molecule has 2 aromatic carbocycles. The first kappa shape index (κ1) is 13.8. The van der Waals surface area contributed by atoms with E-state index < -0.39 is 11.6 Å². The van der Waals surface area contributed by atoms with Crippen molar-refractivity contribution in [1.82, 2.24) is 0 Å². The number of hydrogen-bond donors (Lipinski definition) is 1. The molecule has 0 aliphatic rings. The molecule has 0 fully saturated rings. The Labute approximate surface area is 116 Å². The third-order valence-electron chi connectivity index (χ3n) is 3.07. The van der Waals surface area contributed by atoms with Crippen molar-refractivity contribution >= 4 is 17.3 Å². The number of benzene rings is 2. The summed E-state index contributed by atoms with van der Waals surface area (Å²) in [5.74, 6) is -1.13. The van der Waals surface area contributed by atoms with Gasteiger partial charge in [0.25, 0.3) is 0 Å². The zero-order valence-corrected chi connectivity index (χ0v) is 11.4. The fourth-order valence-corrected chi connectivity index (χ4v) is 2.10. The molecular formula is C15H14ClF2N. The van der Waals surface area contributed by atoms with Gasteiger partial charge in [-0.25, -0.2) is 8.78 Å². The summed E-state index contributed by atoms with van der Waals surface area (Å²) in [6, 6.07) is 8.80. The minimum Gasteiger partial charge on any atom is -0.378 e. The molecule has 0 amide bonds. The van der Waals surface area contributed by atoms with Crippen LogP contribution in [0.4, 0.5) is 14.5 Å². The van der Waals surface area contributed by atoms with E-state index in [1.807, 2.05) is 26.0 Å². The highest BCUT2D eigenvalue weighted by Gasteiger charge is 2.13. The molecule has 0 aliphatic carbocycles. The fourth-order valence-electron chi connectivity index (χ4n) is 1.93. The first-order valence-electron chi connectivity index (χ1n) is 5.95. The lowest BCUT2D eigenvalue weighted by Gasteiger charge is -2.18. The van der Waals surface area contributed by atoms with Gasteiger partial charge in [-0.3, -0.25) is 0 Å². The first-order chi connectivity index (χ1) is 8.99. The Morgan fingerprint density at radius 2 is 1.89 bits per heavy atom. The van der Waals surface area contributed by atoms with Crippen LogP contribution in [-0.2, 0) is 0 Å². The number of hydrogen-bond acceptors (Lipinski definition) is 1. The molecule has 2 aromatic rings. The molecule has 2 rings (SSSR count). The van der Waals surface area contributed by atoms with E-state index in [-0.39, 0.29) is 6.04 Å². The van der Waals surface area contributed by atoms with E-state index >= 15 is 0 Å². The fraction of sp³-hybridized carbons (Fsp3) is 0.200. The summed E-state index contributed by atoms with van der Waals surface area (Å²) in [5, 5.41) is 3.83. The average molecular weight is 282 g/mol. The second-order valence-corrected chi connectivity index (χ2v) is 4.85. The predicted octanol–water partition coefficient (Wildman–Crippen LogP) is 5.10. The van der Waals surface area contributed by atoms with E-state index in [4.69, 9.17) is 11.6 Å². The van der Waals surface area contributed by atoms with Gasteiger partial charge in [0, 0.05) is 22.3 Å². The molecule has 0 saturated carbocycles. The van der Waals surface area contributed by atoms with E-state index in [0.717, 1.165) is 17.3 Å². The van der Waals surface area contributed by atoms with Gasteiger partial charge in [-0.2, -0.15) is 0 Å². The molecule has 100 valence electrons. The van der Waals surface area contributed by atoms with Gasteiger partial charge in [0.1, 0.15) is 11.6 Å². The highest BCUT2D eigenvalue weighted by atomic mass is 35.5. The van der Waals surface area contributed by atoms with Crippen LogP contribution in [0.5, 0.6) is 0 Å². The third kappa shape index (κ3) is 3.04. The third-order valence-corrected chi connectivity index (χ3v) is 3.48. The number of rotatable bonds is 3. The molecule has 1 unspecified atom stereocenters. The van der Waals surface area contributed by atoms with Crippen LogP contribution >= 0.6 is 11.6 Å². The highest BCUT2D eigenvalue weighted by Crippen LogP contribution is 2.27. The number of halogens is 3. The summed E-state index contributed by atoms with van der Waals surface area (Å²) in [6.45, 7) is 3.70. The Hall–Kier alpha value is -1.61. The molecule has 0 aromatic heterocycles. The Kier molecular flexibility index (Phi) is 4.05. The second kappa shape index (κ2) is 5.57. The molecule has 0 aliphatic heterocycles. The van der Waals surface area contributed by atoms with Crippen molar-refractivity contribution in [2.75, 3.05) is 5.32 Å². The van der Waals surface area contributed by atoms with Gasteiger partial charge in [0.05, 0.1) is 6.04 Å². The number of anilines is 1. The molecule has 19 heavy (non-hydrogen) atoms. The molecule has 1 atom stereocenters. The molecule has 0 bridgehead atoms. The van der Waals surface area contributed by atoms with Crippen molar-refractivity contribution in [3.63, 3.8) is 0 Å². The van der Waals surface area contributed by atoms with Gasteiger partial charge < -0.3 is 5.32 Å². The number of nitrogens with one attached hydrogen (secondary N) is 1. The maximum Gasteiger partial charge on any atom is 0.131 e. The maximum atomic E-state index is 13.7. The lowest BCUT2D eigenvalue weighted by molar-refractivity contribution is 0.566. The Morgan fingerprint density at radius 1 is 1.16 bits per heavy atom. The van der Waals surface area contributed by atoms with Gasteiger partial charge in [-0.15, -0.1) is 0 Å². The minimum absolute atomic E-state index is 0.280. The van der Waals surface area contributed by atoms with Gasteiger partial charge in [-0.05, 0) is 37.6 Å². The molecule has 0 heterocycles. The zero-order chi connectivity index (χ0) is 14.0. The summed E-state index contributed by atoms with van der Waals surface area (Å²) < 4.78 is 26.6. The van der Waals surface area contributed by atoms with Crippen LogP contribution in [-0.4, -0.2) is 0 Å². The molecule has 1 nitrogen and oxygen atoms in total. The van der Waals surface area contributed by atoms with E-state index in [1.54, 1.807) is 6.07 Å². The maximum absolute atomic E-state index is 13.7. The van der Waals surface area contributed by atoms with Gasteiger partial charge in [0.2, 0.25) is 0 Å². The van der Waals surface area contributed by atoms with E-state index in [1.165, 1.54) is 12.1 Å². The normalized spacial score (nSPS) is 12.3. The van der Waals surface area contributed by atoms with Gasteiger partial charge >= 0.3 is 0 Å². The van der Waals surface area contributed by atoms with Crippen LogP contribution in [0.3, 0.4) is 0 Å². The Bertz CT molecular complexity index is 599. The van der Waals surface area contributed by atoms with Crippen molar-refractivity contribution in [2.24, 2.45) is 0 Å². The molecule has 0 saturated heterocycles. The van der Waals surface area contributed by atoms with Crippen molar-refractivity contribution in [1.29, 1.82) is 0 Å². The molecule has 1 N–H and O–H groups in total. The summed E-state index contributed by atoms with van der Waals surface area (Å²) in [5.41, 5.74) is 2.16. The smallest absolute Gasteiger partial charge is 0.131 e. The van der Waals surface area contributed by atoms with Crippen molar-refractivity contribution in [2.45, 2.75) is 19.9 Å². The van der Waals surface area contributed by atoms with Crippen LogP contribution < -0.4 is 5.32 Å². The van der Waals surface area contributed by atoms with E-state index in [0.29, 0.717) is 10.6 Å². The summed E-state index contributed by atoms with van der Waals surface area (Å²) >= 11 is 6.03. The van der Waals surface area contributed by atoms with Gasteiger partial charge in [0.15, 0.2) is 0 Å².